The molecule has 0 bridgehead atoms. The number of ether oxygens (including phenoxy) is 1. The second-order valence-corrected chi connectivity index (χ2v) is 6.27. The lowest BCUT2D eigenvalue weighted by Crippen LogP contribution is -2.32. The van der Waals surface area contributed by atoms with E-state index in [9.17, 15) is 9.59 Å². The number of hydrogen-bond acceptors (Lipinski definition) is 3. The highest BCUT2D eigenvalue weighted by atomic mass is 35.5. The number of carbonyl (C=O) groups is 2. The van der Waals surface area contributed by atoms with Gasteiger partial charge in [-0.1, -0.05) is 30.7 Å². The molecule has 2 amide bonds. The fraction of sp³-hybridized carbons (Fsp3) is 0.300. The van der Waals surface area contributed by atoms with E-state index in [4.69, 9.17) is 16.3 Å². The van der Waals surface area contributed by atoms with Gasteiger partial charge in [-0.15, -0.1) is 0 Å². The van der Waals surface area contributed by atoms with Gasteiger partial charge in [0.05, 0.1) is 22.9 Å². The molecule has 138 valence electrons. The Balaban J connectivity index is 2.19. The number of nitrogens with one attached hydrogen (secondary N) is 2. The first kappa shape index (κ1) is 19.8. The van der Waals surface area contributed by atoms with Crippen molar-refractivity contribution >= 4 is 29.1 Å². The highest BCUT2D eigenvalue weighted by Crippen LogP contribution is 2.26. The molecule has 0 aliphatic carbocycles. The van der Waals surface area contributed by atoms with Crippen LogP contribution in [0.2, 0.25) is 5.02 Å². The van der Waals surface area contributed by atoms with E-state index in [1.54, 1.807) is 42.5 Å². The van der Waals surface area contributed by atoms with E-state index in [1.165, 1.54) is 0 Å². The molecule has 0 spiro atoms. The van der Waals surface area contributed by atoms with Gasteiger partial charge < -0.3 is 15.4 Å². The van der Waals surface area contributed by atoms with Gasteiger partial charge >= 0.3 is 0 Å². The summed E-state index contributed by atoms with van der Waals surface area (Å²) in [5, 5.41) is 6.04. The lowest BCUT2D eigenvalue weighted by Gasteiger charge is -2.15. The molecule has 0 saturated heterocycles. The summed E-state index contributed by atoms with van der Waals surface area (Å²) >= 11 is 6.14. The largest absolute Gasteiger partial charge is 0.492 e. The van der Waals surface area contributed by atoms with Gasteiger partial charge in [0.15, 0.2) is 0 Å². The molecule has 0 aliphatic rings. The molecule has 5 nitrogen and oxygen atoms in total. The molecule has 2 aromatic rings. The number of amides is 2. The predicted molar refractivity (Wildman–Crippen MR) is 104 cm³/mol. The lowest BCUT2D eigenvalue weighted by atomic mass is 10.1. The summed E-state index contributed by atoms with van der Waals surface area (Å²) in [7, 11) is 0. The van der Waals surface area contributed by atoms with Crippen LogP contribution in [0, 0.1) is 0 Å². The summed E-state index contributed by atoms with van der Waals surface area (Å²) in [4.78, 5) is 25.0. The number of para-hydroxylation sites is 1. The first-order valence-electron chi connectivity index (χ1n) is 8.59. The molecule has 2 rings (SSSR count). The molecule has 0 aromatic heterocycles. The summed E-state index contributed by atoms with van der Waals surface area (Å²) < 4.78 is 5.37. The van der Waals surface area contributed by atoms with Crippen molar-refractivity contribution < 1.29 is 14.3 Å². The number of carbonyl (C=O) groups excluding carboxylic acids is 2. The van der Waals surface area contributed by atoms with E-state index in [0.717, 1.165) is 6.42 Å². The zero-order chi connectivity index (χ0) is 19.1. The van der Waals surface area contributed by atoms with E-state index in [2.05, 4.69) is 10.6 Å². The summed E-state index contributed by atoms with van der Waals surface area (Å²) in [6.45, 7) is 6.28. The van der Waals surface area contributed by atoms with Gasteiger partial charge in [0.25, 0.3) is 11.8 Å². The molecule has 2 aromatic carbocycles. The van der Waals surface area contributed by atoms with Crippen molar-refractivity contribution in [2.45, 2.75) is 33.2 Å². The van der Waals surface area contributed by atoms with Crippen LogP contribution in [0.15, 0.2) is 42.5 Å². The molecule has 0 fully saturated rings. The van der Waals surface area contributed by atoms with Crippen LogP contribution in [0.5, 0.6) is 5.75 Å². The van der Waals surface area contributed by atoms with E-state index in [1.807, 2.05) is 20.8 Å². The molecule has 2 N–H and O–H groups in total. The smallest absolute Gasteiger partial charge is 0.255 e. The number of benzene rings is 2. The molecule has 0 heterocycles. The SMILES string of the molecule is CCOc1ccc(C(=O)Nc2ccccc2C(=O)NC(C)CC)cc1Cl. The van der Waals surface area contributed by atoms with Crippen LogP contribution in [0.3, 0.4) is 0 Å². The topological polar surface area (TPSA) is 67.4 Å². The van der Waals surface area contributed by atoms with Crippen LogP contribution in [0.25, 0.3) is 0 Å². The molecular weight excluding hydrogens is 352 g/mol. The summed E-state index contributed by atoms with van der Waals surface area (Å²) in [6, 6.07) is 11.8. The Labute approximate surface area is 158 Å². The molecule has 0 radical (unpaired) electrons. The van der Waals surface area contributed by atoms with E-state index in [0.29, 0.717) is 34.2 Å². The minimum Gasteiger partial charge on any atom is -0.492 e. The van der Waals surface area contributed by atoms with Crippen LogP contribution in [-0.2, 0) is 0 Å². The van der Waals surface area contributed by atoms with Crippen molar-refractivity contribution in [3.63, 3.8) is 0 Å². The Kier molecular flexibility index (Phi) is 7.04. The van der Waals surface area contributed by atoms with Crippen molar-refractivity contribution in [3.05, 3.63) is 58.6 Å². The Morgan fingerprint density at radius 1 is 1.12 bits per heavy atom. The minimum atomic E-state index is -0.348. The van der Waals surface area contributed by atoms with Gasteiger partial charge in [-0.2, -0.15) is 0 Å². The average molecular weight is 375 g/mol. The molecule has 1 atom stereocenters. The molecular formula is C20H23ClN2O3. The Bertz CT molecular complexity index is 792. The lowest BCUT2D eigenvalue weighted by molar-refractivity contribution is 0.0940. The number of anilines is 1. The van der Waals surface area contributed by atoms with Gasteiger partial charge in [-0.05, 0) is 50.6 Å². The molecule has 0 aliphatic heterocycles. The minimum absolute atomic E-state index is 0.0520. The monoisotopic (exact) mass is 374 g/mol. The predicted octanol–water partition coefficient (Wildman–Crippen LogP) is 4.52. The van der Waals surface area contributed by atoms with Gasteiger partial charge in [-0.25, -0.2) is 0 Å². The Morgan fingerprint density at radius 3 is 2.50 bits per heavy atom. The van der Waals surface area contributed by atoms with Crippen molar-refractivity contribution in [3.8, 4) is 5.75 Å². The maximum absolute atomic E-state index is 12.5. The quantitative estimate of drug-likeness (QED) is 0.748. The van der Waals surface area contributed by atoms with Gasteiger partial charge in [-0.3, -0.25) is 9.59 Å². The summed E-state index contributed by atoms with van der Waals surface area (Å²) in [5.74, 6) is -0.0437. The third-order valence-electron chi connectivity index (χ3n) is 3.90. The Hall–Kier alpha value is -2.53. The molecule has 6 heteroatoms. The maximum Gasteiger partial charge on any atom is 0.255 e. The third-order valence-corrected chi connectivity index (χ3v) is 4.20. The van der Waals surface area contributed by atoms with Crippen LogP contribution in [0.1, 0.15) is 47.9 Å². The zero-order valence-corrected chi connectivity index (χ0v) is 15.9. The fourth-order valence-electron chi connectivity index (χ4n) is 2.30. The molecule has 26 heavy (non-hydrogen) atoms. The normalized spacial score (nSPS) is 11.5. The standard InChI is InChI=1S/C20H23ClN2O3/c1-4-13(3)22-20(25)15-8-6-7-9-17(15)23-19(24)14-10-11-18(26-5-2)16(21)12-14/h6-13H,4-5H2,1-3H3,(H,22,25)(H,23,24). The molecule has 0 saturated carbocycles. The average Bonchev–Trinajstić information content (AvgIpc) is 2.63. The Morgan fingerprint density at radius 2 is 1.85 bits per heavy atom. The first-order valence-corrected chi connectivity index (χ1v) is 8.97. The number of hydrogen-bond donors (Lipinski definition) is 2. The van der Waals surface area contributed by atoms with Crippen LogP contribution < -0.4 is 15.4 Å². The number of rotatable bonds is 7. The fourth-order valence-corrected chi connectivity index (χ4v) is 2.54. The van der Waals surface area contributed by atoms with Crippen molar-refractivity contribution in [2.75, 3.05) is 11.9 Å². The summed E-state index contributed by atoms with van der Waals surface area (Å²) in [5.41, 5.74) is 1.25. The second kappa shape index (κ2) is 9.25. The maximum atomic E-state index is 12.5. The van der Waals surface area contributed by atoms with E-state index in [-0.39, 0.29) is 17.9 Å². The third kappa shape index (κ3) is 4.99. The van der Waals surface area contributed by atoms with Crippen molar-refractivity contribution in [1.29, 1.82) is 0 Å². The van der Waals surface area contributed by atoms with Crippen LogP contribution in [-0.4, -0.2) is 24.5 Å². The van der Waals surface area contributed by atoms with Gasteiger partial charge in [0, 0.05) is 11.6 Å². The van der Waals surface area contributed by atoms with Gasteiger partial charge in [0.2, 0.25) is 0 Å². The highest BCUT2D eigenvalue weighted by Gasteiger charge is 2.16. The molecule has 1 unspecified atom stereocenters. The van der Waals surface area contributed by atoms with Crippen LogP contribution in [0.4, 0.5) is 5.69 Å². The number of halogens is 1. The van der Waals surface area contributed by atoms with Crippen molar-refractivity contribution in [1.82, 2.24) is 5.32 Å². The second-order valence-electron chi connectivity index (χ2n) is 5.86. The van der Waals surface area contributed by atoms with E-state index < -0.39 is 0 Å². The highest BCUT2D eigenvalue weighted by molar-refractivity contribution is 6.32. The zero-order valence-electron chi connectivity index (χ0n) is 15.1. The first-order chi connectivity index (χ1) is 12.5. The van der Waals surface area contributed by atoms with Gasteiger partial charge in [0.1, 0.15) is 5.75 Å². The van der Waals surface area contributed by atoms with E-state index >= 15 is 0 Å². The summed E-state index contributed by atoms with van der Waals surface area (Å²) in [6.07, 6.45) is 0.824. The van der Waals surface area contributed by atoms with Crippen LogP contribution >= 0.6 is 11.6 Å². The van der Waals surface area contributed by atoms with Crippen molar-refractivity contribution in [2.24, 2.45) is 0 Å².